The number of hydrogen-bond acceptors (Lipinski definition) is 4. The number of nitrogens with one attached hydrogen (secondary N) is 1. The maximum Gasteiger partial charge on any atom is 0.119 e. The highest BCUT2D eigenvalue weighted by molar-refractivity contribution is 6.30. The summed E-state index contributed by atoms with van der Waals surface area (Å²) in [6.07, 6.45) is 3.59. The van der Waals surface area contributed by atoms with Crippen molar-refractivity contribution in [3.63, 3.8) is 0 Å². The average Bonchev–Trinajstić information content (AvgIpc) is 2.94. The third kappa shape index (κ3) is 4.35. The van der Waals surface area contributed by atoms with E-state index in [2.05, 4.69) is 5.32 Å². The summed E-state index contributed by atoms with van der Waals surface area (Å²) in [6.45, 7) is 0.766. The first-order chi connectivity index (χ1) is 9.63. The molecule has 0 radical (unpaired) electrons. The molecule has 0 bridgehead atoms. The molecule has 0 amide bonds. The lowest BCUT2D eigenvalue weighted by Gasteiger charge is -2.29. The molecule has 1 fully saturated rings. The van der Waals surface area contributed by atoms with Gasteiger partial charge in [0.05, 0.1) is 6.61 Å². The summed E-state index contributed by atoms with van der Waals surface area (Å²) in [6, 6.07) is 7.05. The van der Waals surface area contributed by atoms with Crippen LogP contribution in [0, 0.1) is 0 Å². The number of aliphatic hydroxyl groups is 2. The van der Waals surface area contributed by atoms with Crippen LogP contribution in [0.4, 0.5) is 0 Å². The molecule has 1 aliphatic rings. The molecule has 5 heteroatoms. The highest BCUT2D eigenvalue weighted by Crippen LogP contribution is 2.28. The Labute approximate surface area is 124 Å². The van der Waals surface area contributed by atoms with Crippen molar-refractivity contribution in [1.82, 2.24) is 5.32 Å². The Kier molecular flexibility index (Phi) is 5.66. The Hall–Kier alpha value is -0.810. The summed E-state index contributed by atoms with van der Waals surface area (Å²) in [5.74, 6) is 0.686. The van der Waals surface area contributed by atoms with Crippen LogP contribution in [0.25, 0.3) is 0 Å². The molecule has 20 heavy (non-hydrogen) atoms. The van der Waals surface area contributed by atoms with E-state index < -0.39 is 6.10 Å². The van der Waals surface area contributed by atoms with Crippen LogP contribution in [0.1, 0.15) is 25.7 Å². The zero-order valence-electron chi connectivity index (χ0n) is 11.5. The predicted octanol–water partition coefficient (Wildman–Crippen LogP) is 1.97. The van der Waals surface area contributed by atoms with Crippen LogP contribution in [-0.2, 0) is 0 Å². The van der Waals surface area contributed by atoms with E-state index in [1.807, 2.05) is 0 Å². The topological polar surface area (TPSA) is 61.7 Å². The average molecular weight is 300 g/mol. The van der Waals surface area contributed by atoms with Crippen molar-refractivity contribution in [2.45, 2.75) is 37.3 Å². The molecule has 112 valence electrons. The number of aliphatic hydroxyl groups excluding tert-OH is 2. The van der Waals surface area contributed by atoms with Crippen LogP contribution in [-0.4, -0.2) is 41.6 Å². The largest absolute Gasteiger partial charge is 0.491 e. The minimum Gasteiger partial charge on any atom is -0.491 e. The van der Waals surface area contributed by atoms with E-state index in [1.54, 1.807) is 24.3 Å². The van der Waals surface area contributed by atoms with Gasteiger partial charge >= 0.3 is 0 Å². The number of benzene rings is 1. The van der Waals surface area contributed by atoms with Crippen molar-refractivity contribution in [2.75, 3.05) is 19.8 Å². The van der Waals surface area contributed by atoms with Gasteiger partial charge in [-0.15, -0.1) is 0 Å². The van der Waals surface area contributed by atoms with Crippen LogP contribution >= 0.6 is 11.6 Å². The van der Waals surface area contributed by atoms with E-state index in [9.17, 15) is 10.2 Å². The lowest BCUT2D eigenvalue weighted by molar-refractivity contribution is 0.0850. The van der Waals surface area contributed by atoms with Crippen molar-refractivity contribution < 1.29 is 14.9 Å². The molecule has 0 saturated heterocycles. The lowest BCUT2D eigenvalue weighted by atomic mass is 9.99. The van der Waals surface area contributed by atoms with E-state index in [0.29, 0.717) is 17.3 Å². The van der Waals surface area contributed by atoms with Gasteiger partial charge in [-0.2, -0.15) is 0 Å². The molecule has 1 unspecified atom stereocenters. The molecule has 3 N–H and O–H groups in total. The summed E-state index contributed by atoms with van der Waals surface area (Å²) in [4.78, 5) is 0. The summed E-state index contributed by atoms with van der Waals surface area (Å²) < 4.78 is 5.49. The zero-order chi connectivity index (χ0) is 14.4. The second-order valence-corrected chi connectivity index (χ2v) is 5.88. The van der Waals surface area contributed by atoms with Crippen molar-refractivity contribution in [1.29, 1.82) is 0 Å². The molecule has 2 rings (SSSR count). The van der Waals surface area contributed by atoms with Gasteiger partial charge in [0.25, 0.3) is 0 Å². The summed E-state index contributed by atoms with van der Waals surface area (Å²) in [5.41, 5.74) is -0.207. The molecule has 1 atom stereocenters. The first-order valence-electron chi connectivity index (χ1n) is 7.06. The normalized spacial score (nSPS) is 18.9. The van der Waals surface area contributed by atoms with Crippen molar-refractivity contribution >= 4 is 11.6 Å². The first-order valence-corrected chi connectivity index (χ1v) is 7.44. The van der Waals surface area contributed by atoms with E-state index in [0.717, 1.165) is 25.7 Å². The van der Waals surface area contributed by atoms with Crippen molar-refractivity contribution in [2.24, 2.45) is 0 Å². The van der Waals surface area contributed by atoms with Crippen LogP contribution < -0.4 is 10.1 Å². The number of β-amino-alcohol motifs (C(OH)–C–C–N with tert-alkyl or cyclic N) is 1. The van der Waals surface area contributed by atoms with Gasteiger partial charge < -0.3 is 20.3 Å². The molecule has 0 aromatic heterocycles. The fourth-order valence-corrected chi connectivity index (χ4v) is 2.69. The number of rotatable bonds is 7. The maximum atomic E-state index is 9.94. The second-order valence-electron chi connectivity index (χ2n) is 5.45. The fraction of sp³-hybridized carbons (Fsp3) is 0.600. The van der Waals surface area contributed by atoms with Crippen LogP contribution in [0.3, 0.4) is 0 Å². The smallest absolute Gasteiger partial charge is 0.119 e. The molecule has 4 nitrogen and oxygen atoms in total. The first kappa shape index (κ1) is 15.6. The summed E-state index contributed by atoms with van der Waals surface area (Å²) >= 11 is 5.79. The molecule has 0 aliphatic heterocycles. The molecule has 1 aliphatic carbocycles. The van der Waals surface area contributed by atoms with Gasteiger partial charge in [0, 0.05) is 17.1 Å². The van der Waals surface area contributed by atoms with Crippen molar-refractivity contribution in [3.05, 3.63) is 29.3 Å². The highest BCUT2D eigenvalue weighted by Gasteiger charge is 2.32. The van der Waals surface area contributed by atoms with E-state index in [4.69, 9.17) is 16.3 Å². The van der Waals surface area contributed by atoms with Gasteiger partial charge in [0.15, 0.2) is 0 Å². The van der Waals surface area contributed by atoms with Gasteiger partial charge in [-0.3, -0.25) is 0 Å². The highest BCUT2D eigenvalue weighted by atomic mass is 35.5. The monoisotopic (exact) mass is 299 g/mol. The van der Waals surface area contributed by atoms with Crippen LogP contribution in [0.15, 0.2) is 24.3 Å². The Morgan fingerprint density at radius 2 is 1.90 bits per heavy atom. The second kappa shape index (κ2) is 7.27. The Morgan fingerprint density at radius 3 is 2.50 bits per heavy atom. The zero-order valence-corrected chi connectivity index (χ0v) is 12.3. The molecule has 1 aromatic rings. The summed E-state index contributed by atoms with van der Waals surface area (Å²) in [7, 11) is 0. The number of halogens is 1. The number of hydrogen-bond donors (Lipinski definition) is 3. The van der Waals surface area contributed by atoms with Gasteiger partial charge in [0.2, 0.25) is 0 Å². The van der Waals surface area contributed by atoms with E-state index in [-0.39, 0.29) is 18.8 Å². The van der Waals surface area contributed by atoms with E-state index >= 15 is 0 Å². The van der Waals surface area contributed by atoms with E-state index in [1.165, 1.54) is 0 Å². The Morgan fingerprint density at radius 1 is 1.25 bits per heavy atom. The third-order valence-corrected chi connectivity index (χ3v) is 4.08. The SMILES string of the molecule is OCC1(NCC(O)COc2ccc(Cl)cc2)CCCC1. The minimum absolute atomic E-state index is 0.123. The van der Waals surface area contributed by atoms with Crippen LogP contribution in [0.2, 0.25) is 5.02 Å². The maximum absolute atomic E-state index is 9.94. The van der Waals surface area contributed by atoms with Gasteiger partial charge in [-0.25, -0.2) is 0 Å². The van der Waals surface area contributed by atoms with Crippen molar-refractivity contribution in [3.8, 4) is 5.75 Å². The third-order valence-electron chi connectivity index (χ3n) is 3.83. The lowest BCUT2D eigenvalue weighted by Crippen LogP contribution is -2.49. The fourth-order valence-electron chi connectivity index (χ4n) is 2.56. The molecule has 0 heterocycles. The Balaban J connectivity index is 1.72. The molecular formula is C15H22ClNO3. The van der Waals surface area contributed by atoms with Gasteiger partial charge in [-0.1, -0.05) is 24.4 Å². The quantitative estimate of drug-likeness (QED) is 0.720. The molecule has 1 aromatic carbocycles. The molecular weight excluding hydrogens is 278 g/mol. The molecule has 0 spiro atoms. The minimum atomic E-state index is -0.602. The standard InChI is InChI=1S/C15H22ClNO3/c16-12-3-5-14(6-4-12)20-10-13(19)9-17-15(11-18)7-1-2-8-15/h3-6,13,17-19H,1-2,7-11H2. The summed E-state index contributed by atoms with van der Waals surface area (Å²) in [5, 5.41) is 23.4. The Bertz CT molecular complexity index is 404. The van der Waals surface area contributed by atoms with Crippen LogP contribution in [0.5, 0.6) is 5.75 Å². The molecule has 1 saturated carbocycles. The predicted molar refractivity (Wildman–Crippen MR) is 79.2 cm³/mol. The number of ether oxygens (including phenoxy) is 1. The van der Waals surface area contributed by atoms with Gasteiger partial charge in [-0.05, 0) is 37.1 Å². The van der Waals surface area contributed by atoms with Gasteiger partial charge in [0.1, 0.15) is 18.5 Å².